The van der Waals surface area contributed by atoms with Crippen molar-refractivity contribution in [3.63, 3.8) is 0 Å². The lowest BCUT2D eigenvalue weighted by atomic mass is 10.0. The second kappa shape index (κ2) is 9.97. The average Bonchev–Trinajstić information content (AvgIpc) is 3.54. The molecule has 0 spiro atoms. The summed E-state index contributed by atoms with van der Waals surface area (Å²) >= 11 is 0. The molecule has 0 radical (unpaired) electrons. The van der Waals surface area contributed by atoms with E-state index in [2.05, 4.69) is 25.6 Å². The van der Waals surface area contributed by atoms with Crippen molar-refractivity contribution in [2.75, 3.05) is 0 Å². The number of para-hydroxylation sites is 1. The minimum absolute atomic E-state index is 0.240. The van der Waals surface area contributed by atoms with Gasteiger partial charge in [-0.3, -0.25) is 14.1 Å². The standard InChI is InChI=1S/C26H22FN7O3/c1-2-5-18-15-34(23-20(25(35)36)6-3-8-21(23)27)26(37)33(18)14-16-9-11-17(12-10-16)19-7-4-13-28-22(19)24-29-31-32-30-24/h3-4,6-13,15H,2,5,14H2,1H3,(H,35,36)(H,29,30,31,32). The maximum atomic E-state index is 14.7. The van der Waals surface area contributed by atoms with Crippen LogP contribution < -0.4 is 5.69 Å². The summed E-state index contributed by atoms with van der Waals surface area (Å²) in [6.07, 6.45) is 4.51. The predicted octanol–water partition coefficient (Wildman–Crippen LogP) is 3.72. The monoisotopic (exact) mass is 499 g/mol. The van der Waals surface area contributed by atoms with Gasteiger partial charge in [-0.15, -0.1) is 5.10 Å². The van der Waals surface area contributed by atoms with Gasteiger partial charge in [-0.2, -0.15) is 0 Å². The highest BCUT2D eigenvalue weighted by atomic mass is 19.1. The molecule has 3 aromatic heterocycles. The van der Waals surface area contributed by atoms with Crippen molar-refractivity contribution in [2.45, 2.75) is 26.3 Å². The molecule has 0 fully saturated rings. The number of aromatic carboxylic acids is 1. The van der Waals surface area contributed by atoms with Gasteiger partial charge in [0, 0.05) is 23.7 Å². The third-order valence-electron chi connectivity index (χ3n) is 6.01. The molecule has 5 rings (SSSR count). The van der Waals surface area contributed by atoms with E-state index in [4.69, 9.17) is 0 Å². The Kier molecular flexibility index (Phi) is 6.42. The van der Waals surface area contributed by atoms with Crippen molar-refractivity contribution in [3.8, 4) is 28.3 Å². The predicted molar refractivity (Wildman–Crippen MR) is 133 cm³/mol. The molecule has 0 amide bonds. The number of nitrogens with one attached hydrogen (secondary N) is 1. The van der Waals surface area contributed by atoms with Crippen molar-refractivity contribution in [2.24, 2.45) is 0 Å². The molecule has 0 aliphatic heterocycles. The molecule has 37 heavy (non-hydrogen) atoms. The third-order valence-corrected chi connectivity index (χ3v) is 6.01. The number of carboxylic acids is 1. The number of rotatable bonds is 8. The Hall–Kier alpha value is -4.93. The topological polar surface area (TPSA) is 132 Å². The molecule has 0 saturated heterocycles. The maximum absolute atomic E-state index is 14.7. The van der Waals surface area contributed by atoms with Crippen LogP contribution in [0.4, 0.5) is 4.39 Å². The van der Waals surface area contributed by atoms with Gasteiger partial charge in [-0.05, 0) is 46.2 Å². The summed E-state index contributed by atoms with van der Waals surface area (Å²) in [5.41, 5.74) is 2.81. The number of nitrogens with zero attached hydrogens (tertiary/aromatic N) is 6. The van der Waals surface area contributed by atoms with Crippen LogP contribution in [-0.2, 0) is 13.0 Å². The summed E-state index contributed by atoms with van der Waals surface area (Å²) in [6.45, 7) is 2.21. The van der Waals surface area contributed by atoms with Crippen molar-refractivity contribution >= 4 is 5.97 Å². The molecule has 0 unspecified atom stereocenters. The van der Waals surface area contributed by atoms with E-state index in [9.17, 15) is 19.1 Å². The molecule has 3 heterocycles. The highest BCUT2D eigenvalue weighted by molar-refractivity contribution is 5.92. The quantitative estimate of drug-likeness (QED) is 0.333. The minimum atomic E-state index is -1.31. The minimum Gasteiger partial charge on any atom is -0.478 e. The smallest absolute Gasteiger partial charge is 0.337 e. The van der Waals surface area contributed by atoms with Crippen LogP contribution in [0.3, 0.4) is 0 Å². The molecule has 0 atom stereocenters. The molecule has 2 N–H and O–H groups in total. The number of aromatic nitrogens is 7. The zero-order chi connectivity index (χ0) is 25.9. The molecule has 186 valence electrons. The van der Waals surface area contributed by atoms with Crippen molar-refractivity contribution in [3.05, 3.63) is 100 Å². The molecule has 10 nitrogen and oxygen atoms in total. The van der Waals surface area contributed by atoms with E-state index in [1.165, 1.54) is 18.3 Å². The highest BCUT2D eigenvalue weighted by Gasteiger charge is 2.21. The first-order chi connectivity index (χ1) is 18.0. The van der Waals surface area contributed by atoms with Crippen molar-refractivity contribution in [1.29, 1.82) is 0 Å². The molecule has 11 heteroatoms. The highest BCUT2D eigenvalue weighted by Crippen LogP contribution is 2.28. The van der Waals surface area contributed by atoms with Gasteiger partial charge in [-0.1, -0.05) is 49.7 Å². The lowest BCUT2D eigenvalue weighted by Crippen LogP contribution is -2.26. The van der Waals surface area contributed by atoms with E-state index in [1.54, 1.807) is 10.8 Å². The second-order valence-electron chi connectivity index (χ2n) is 8.40. The number of hydrogen-bond acceptors (Lipinski definition) is 6. The first-order valence-electron chi connectivity index (χ1n) is 11.6. The fourth-order valence-electron chi connectivity index (χ4n) is 4.30. The number of carbonyl (C=O) groups is 1. The molecule has 0 aliphatic carbocycles. The van der Waals surface area contributed by atoms with Crippen molar-refractivity contribution in [1.82, 2.24) is 34.7 Å². The van der Waals surface area contributed by atoms with E-state index in [1.807, 2.05) is 43.3 Å². The third kappa shape index (κ3) is 4.54. The average molecular weight is 500 g/mol. The molecular weight excluding hydrogens is 477 g/mol. The first-order valence-corrected chi connectivity index (χ1v) is 11.6. The Morgan fingerprint density at radius 2 is 1.92 bits per heavy atom. The van der Waals surface area contributed by atoms with Gasteiger partial charge in [-0.25, -0.2) is 19.1 Å². The summed E-state index contributed by atoms with van der Waals surface area (Å²) < 4.78 is 17.4. The SMILES string of the molecule is CCCc1cn(-c2c(F)cccc2C(=O)O)c(=O)n1Cc1ccc(-c2cccnc2-c2nnn[nH]2)cc1. The number of imidazole rings is 1. The molecule has 0 bridgehead atoms. The van der Waals surface area contributed by atoms with E-state index in [0.717, 1.165) is 33.7 Å². The van der Waals surface area contributed by atoms with Gasteiger partial charge < -0.3 is 5.11 Å². The Morgan fingerprint density at radius 3 is 2.62 bits per heavy atom. The first kappa shape index (κ1) is 23.8. The molecule has 0 aliphatic rings. The van der Waals surface area contributed by atoms with Gasteiger partial charge in [0.15, 0.2) is 5.82 Å². The van der Waals surface area contributed by atoms with Gasteiger partial charge in [0.25, 0.3) is 0 Å². The fraction of sp³-hybridized carbons (Fsp3) is 0.154. The molecule has 2 aromatic carbocycles. The Bertz CT molecular complexity index is 1620. The zero-order valence-corrected chi connectivity index (χ0v) is 19.8. The Balaban J connectivity index is 1.51. The number of benzene rings is 2. The van der Waals surface area contributed by atoms with Crippen LogP contribution >= 0.6 is 0 Å². The van der Waals surface area contributed by atoms with Crippen molar-refractivity contribution < 1.29 is 14.3 Å². The number of halogens is 1. The largest absolute Gasteiger partial charge is 0.478 e. The number of carboxylic acid groups (broad SMARTS) is 1. The number of tetrazole rings is 1. The Labute approximate surface area is 210 Å². The van der Waals surface area contributed by atoms with Gasteiger partial charge >= 0.3 is 11.7 Å². The van der Waals surface area contributed by atoms with Gasteiger partial charge in [0.1, 0.15) is 17.2 Å². The maximum Gasteiger partial charge on any atom is 0.337 e. The fourth-order valence-corrected chi connectivity index (χ4v) is 4.30. The Morgan fingerprint density at radius 1 is 1.11 bits per heavy atom. The van der Waals surface area contributed by atoms with Crippen LogP contribution in [0.15, 0.2) is 71.8 Å². The summed E-state index contributed by atoms with van der Waals surface area (Å²) in [7, 11) is 0. The number of hydrogen-bond donors (Lipinski definition) is 2. The zero-order valence-electron chi connectivity index (χ0n) is 19.8. The van der Waals surface area contributed by atoms with E-state index >= 15 is 0 Å². The van der Waals surface area contributed by atoms with E-state index in [0.29, 0.717) is 23.6 Å². The van der Waals surface area contributed by atoms with Gasteiger partial charge in [0.05, 0.1) is 12.1 Å². The number of aromatic amines is 1. The molecule has 0 saturated carbocycles. The van der Waals surface area contributed by atoms with Crippen LogP contribution in [0.25, 0.3) is 28.3 Å². The summed E-state index contributed by atoms with van der Waals surface area (Å²) in [5.74, 6) is -1.64. The van der Waals surface area contributed by atoms with E-state index in [-0.39, 0.29) is 17.8 Å². The number of aryl methyl sites for hydroxylation is 1. The summed E-state index contributed by atoms with van der Waals surface area (Å²) in [5, 5.41) is 23.5. The lowest BCUT2D eigenvalue weighted by molar-refractivity contribution is 0.0696. The number of pyridine rings is 1. The summed E-state index contributed by atoms with van der Waals surface area (Å²) in [6, 6.07) is 15.1. The second-order valence-corrected chi connectivity index (χ2v) is 8.40. The van der Waals surface area contributed by atoms with Crippen LogP contribution in [0, 0.1) is 5.82 Å². The van der Waals surface area contributed by atoms with Crippen LogP contribution in [0.1, 0.15) is 35.0 Å². The lowest BCUT2D eigenvalue weighted by Gasteiger charge is -2.10. The molecular formula is C26H22FN7O3. The molecule has 5 aromatic rings. The summed E-state index contributed by atoms with van der Waals surface area (Å²) in [4.78, 5) is 29.5. The van der Waals surface area contributed by atoms with Gasteiger partial charge in [0.2, 0.25) is 0 Å². The van der Waals surface area contributed by atoms with E-state index < -0.39 is 17.5 Å². The van der Waals surface area contributed by atoms with Crippen LogP contribution in [-0.4, -0.2) is 45.8 Å². The number of H-pyrrole nitrogens is 1. The van der Waals surface area contributed by atoms with Crippen LogP contribution in [0.5, 0.6) is 0 Å². The normalized spacial score (nSPS) is 11.1. The van der Waals surface area contributed by atoms with Crippen LogP contribution in [0.2, 0.25) is 0 Å².